The van der Waals surface area contributed by atoms with Crippen molar-refractivity contribution in [1.29, 1.82) is 0 Å². The fourth-order valence-corrected chi connectivity index (χ4v) is 1.90. The van der Waals surface area contributed by atoms with Crippen molar-refractivity contribution < 1.29 is 24.2 Å². The SMILES string of the molecule is O=C(O)Cc1cccc(-c2ccc(C(=O)O)c(F)c2)c1. The van der Waals surface area contributed by atoms with Crippen LogP contribution < -0.4 is 0 Å². The first-order chi connectivity index (χ1) is 9.47. The number of aromatic carboxylic acids is 1. The van der Waals surface area contributed by atoms with Crippen LogP contribution in [0.15, 0.2) is 42.5 Å². The minimum Gasteiger partial charge on any atom is -0.481 e. The highest BCUT2D eigenvalue weighted by Crippen LogP contribution is 2.23. The number of hydrogen-bond acceptors (Lipinski definition) is 2. The lowest BCUT2D eigenvalue weighted by atomic mass is 10.0. The van der Waals surface area contributed by atoms with E-state index in [1.54, 1.807) is 24.3 Å². The summed E-state index contributed by atoms with van der Waals surface area (Å²) < 4.78 is 13.6. The van der Waals surface area contributed by atoms with Gasteiger partial charge < -0.3 is 10.2 Å². The van der Waals surface area contributed by atoms with Crippen molar-refractivity contribution in [2.24, 2.45) is 0 Å². The molecule has 0 bridgehead atoms. The maximum Gasteiger partial charge on any atom is 0.338 e. The summed E-state index contributed by atoms with van der Waals surface area (Å²) in [6.07, 6.45) is -0.121. The van der Waals surface area contributed by atoms with Crippen molar-refractivity contribution in [3.05, 3.63) is 59.4 Å². The second-order valence-corrected chi connectivity index (χ2v) is 4.27. The van der Waals surface area contributed by atoms with E-state index in [4.69, 9.17) is 10.2 Å². The molecule has 0 unspecified atom stereocenters. The highest BCUT2D eigenvalue weighted by Gasteiger charge is 2.11. The predicted octanol–water partition coefficient (Wildman–Crippen LogP) is 2.82. The molecule has 2 aromatic carbocycles. The number of hydrogen-bond donors (Lipinski definition) is 2. The molecule has 4 nitrogen and oxygen atoms in total. The van der Waals surface area contributed by atoms with Crippen LogP contribution in [-0.4, -0.2) is 22.2 Å². The Hall–Kier alpha value is -2.69. The lowest BCUT2D eigenvalue weighted by Crippen LogP contribution is -2.01. The number of aliphatic carboxylic acids is 1. The largest absolute Gasteiger partial charge is 0.481 e. The van der Waals surface area contributed by atoms with Crippen LogP contribution in [0.4, 0.5) is 4.39 Å². The van der Waals surface area contributed by atoms with Crippen molar-refractivity contribution >= 4 is 11.9 Å². The van der Waals surface area contributed by atoms with Crippen molar-refractivity contribution in [1.82, 2.24) is 0 Å². The lowest BCUT2D eigenvalue weighted by Gasteiger charge is -2.06. The Morgan fingerprint density at radius 1 is 1.00 bits per heavy atom. The monoisotopic (exact) mass is 274 g/mol. The Bertz CT molecular complexity index is 679. The molecule has 2 aromatic rings. The van der Waals surface area contributed by atoms with Crippen molar-refractivity contribution in [3.63, 3.8) is 0 Å². The number of rotatable bonds is 4. The smallest absolute Gasteiger partial charge is 0.338 e. The van der Waals surface area contributed by atoms with Gasteiger partial charge in [0.2, 0.25) is 0 Å². The van der Waals surface area contributed by atoms with Crippen molar-refractivity contribution in [2.75, 3.05) is 0 Å². The summed E-state index contributed by atoms with van der Waals surface area (Å²) >= 11 is 0. The number of carboxylic acid groups (broad SMARTS) is 2. The zero-order valence-corrected chi connectivity index (χ0v) is 10.3. The minimum absolute atomic E-state index is 0.121. The van der Waals surface area contributed by atoms with E-state index in [0.717, 1.165) is 6.07 Å². The second-order valence-electron chi connectivity index (χ2n) is 4.27. The van der Waals surface area contributed by atoms with Gasteiger partial charge in [-0.1, -0.05) is 30.3 Å². The molecule has 2 rings (SSSR count). The zero-order valence-electron chi connectivity index (χ0n) is 10.3. The van der Waals surface area contributed by atoms with Crippen LogP contribution >= 0.6 is 0 Å². The molecule has 0 heterocycles. The maximum atomic E-state index is 13.6. The summed E-state index contributed by atoms with van der Waals surface area (Å²) in [6, 6.07) is 10.5. The molecule has 0 aliphatic carbocycles. The molecule has 0 radical (unpaired) electrons. The molecule has 0 aliphatic rings. The summed E-state index contributed by atoms with van der Waals surface area (Å²) in [5, 5.41) is 17.5. The molecule has 0 aliphatic heterocycles. The standard InChI is InChI=1S/C15H11FO4/c16-13-8-11(4-5-12(13)15(19)20)10-3-1-2-9(6-10)7-14(17)18/h1-6,8H,7H2,(H,17,18)(H,19,20). The Labute approximate surface area is 114 Å². The maximum absolute atomic E-state index is 13.6. The molecule has 2 N–H and O–H groups in total. The molecule has 0 fully saturated rings. The summed E-state index contributed by atoms with van der Waals surface area (Å²) in [5.74, 6) is -3.10. The van der Waals surface area contributed by atoms with E-state index in [1.165, 1.54) is 12.1 Å². The Morgan fingerprint density at radius 3 is 2.30 bits per heavy atom. The van der Waals surface area contributed by atoms with E-state index >= 15 is 0 Å². The third kappa shape index (κ3) is 3.00. The Balaban J connectivity index is 2.39. The molecule has 0 amide bonds. The van der Waals surface area contributed by atoms with Crippen LogP contribution in [0, 0.1) is 5.82 Å². The third-order valence-corrected chi connectivity index (χ3v) is 2.82. The number of carbonyl (C=O) groups is 2. The summed E-state index contributed by atoms with van der Waals surface area (Å²) in [4.78, 5) is 21.4. The topological polar surface area (TPSA) is 74.6 Å². The average molecular weight is 274 g/mol. The van der Waals surface area contributed by atoms with Gasteiger partial charge in [-0.3, -0.25) is 4.79 Å². The van der Waals surface area contributed by atoms with E-state index in [-0.39, 0.29) is 6.42 Å². The van der Waals surface area contributed by atoms with Gasteiger partial charge in [-0.15, -0.1) is 0 Å². The molecular formula is C15H11FO4. The molecule has 5 heteroatoms. The second kappa shape index (κ2) is 5.52. The molecule has 20 heavy (non-hydrogen) atoms. The number of halogens is 1. The quantitative estimate of drug-likeness (QED) is 0.899. The Kier molecular flexibility index (Phi) is 3.79. The Morgan fingerprint density at radius 2 is 1.70 bits per heavy atom. The molecule has 0 atom stereocenters. The molecule has 0 saturated carbocycles. The van der Waals surface area contributed by atoms with Crippen LogP contribution in [0.3, 0.4) is 0 Å². The first kappa shape index (κ1) is 13.7. The molecule has 0 aromatic heterocycles. The molecule has 0 saturated heterocycles. The summed E-state index contributed by atoms with van der Waals surface area (Å²) in [7, 11) is 0. The predicted molar refractivity (Wildman–Crippen MR) is 70.1 cm³/mol. The van der Waals surface area contributed by atoms with Crippen LogP contribution in [0.2, 0.25) is 0 Å². The van der Waals surface area contributed by atoms with Gasteiger partial charge >= 0.3 is 11.9 Å². The van der Waals surface area contributed by atoms with Crippen LogP contribution in [0.1, 0.15) is 15.9 Å². The highest BCUT2D eigenvalue weighted by atomic mass is 19.1. The van der Waals surface area contributed by atoms with Crippen molar-refractivity contribution in [2.45, 2.75) is 6.42 Å². The zero-order chi connectivity index (χ0) is 14.7. The first-order valence-electron chi connectivity index (χ1n) is 5.81. The lowest BCUT2D eigenvalue weighted by molar-refractivity contribution is -0.136. The third-order valence-electron chi connectivity index (χ3n) is 2.82. The summed E-state index contributed by atoms with van der Waals surface area (Å²) in [6.45, 7) is 0. The van der Waals surface area contributed by atoms with Crippen LogP contribution in [0.5, 0.6) is 0 Å². The van der Waals surface area contributed by atoms with E-state index in [9.17, 15) is 14.0 Å². The minimum atomic E-state index is -1.33. The van der Waals surface area contributed by atoms with Gasteiger partial charge in [-0.25, -0.2) is 9.18 Å². The fourth-order valence-electron chi connectivity index (χ4n) is 1.90. The van der Waals surface area contributed by atoms with Gasteiger partial charge in [-0.05, 0) is 28.8 Å². The van der Waals surface area contributed by atoms with Gasteiger partial charge in [0.15, 0.2) is 0 Å². The summed E-state index contributed by atoms with van der Waals surface area (Å²) in [5.41, 5.74) is 1.34. The fraction of sp³-hybridized carbons (Fsp3) is 0.0667. The molecular weight excluding hydrogens is 263 g/mol. The number of carboxylic acids is 2. The van der Waals surface area contributed by atoms with Gasteiger partial charge in [0.25, 0.3) is 0 Å². The molecule has 102 valence electrons. The number of benzene rings is 2. The average Bonchev–Trinajstić information content (AvgIpc) is 2.37. The molecule has 0 spiro atoms. The van der Waals surface area contributed by atoms with Gasteiger partial charge in [-0.2, -0.15) is 0 Å². The van der Waals surface area contributed by atoms with E-state index < -0.39 is 23.3 Å². The van der Waals surface area contributed by atoms with Crippen LogP contribution in [0.25, 0.3) is 11.1 Å². The van der Waals surface area contributed by atoms with E-state index in [1.807, 2.05) is 0 Å². The van der Waals surface area contributed by atoms with Gasteiger partial charge in [0.05, 0.1) is 12.0 Å². The normalized spacial score (nSPS) is 10.2. The van der Waals surface area contributed by atoms with E-state index in [0.29, 0.717) is 16.7 Å². The van der Waals surface area contributed by atoms with Gasteiger partial charge in [0.1, 0.15) is 5.82 Å². The highest BCUT2D eigenvalue weighted by molar-refractivity contribution is 5.88. The van der Waals surface area contributed by atoms with Crippen LogP contribution in [-0.2, 0) is 11.2 Å². The van der Waals surface area contributed by atoms with Crippen molar-refractivity contribution in [3.8, 4) is 11.1 Å². The first-order valence-corrected chi connectivity index (χ1v) is 5.81. The van der Waals surface area contributed by atoms with Gasteiger partial charge in [0, 0.05) is 0 Å². The van der Waals surface area contributed by atoms with E-state index in [2.05, 4.69) is 0 Å².